The summed E-state index contributed by atoms with van der Waals surface area (Å²) in [5.41, 5.74) is 4.54. The number of aromatic nitrogens is 1. The van der Waals surface area contributed by atoms with Crippen molar-refractivity contribution >= 4 is 22.6 Å². The molecule has 1 amide bonds. The Morgan fingerprint density at radius 2 is 1.97 bits per heavy atom. The number of hydrogen-bond donors (Lipinski definition) is 0. The van der Waals surface area contributed by atoms with E-state index in [-0.39, 0.29) is 31.1 Å². The van der Waals surface area contributed by atoms with E-state index in [1.807, 2.05) is 18.2 Å². The first-order valence-electron chi connectivity index (χ1n) is 11.5. The number of ketones is 1. The Bertz CT molecular complexity index is 961. The van der Waals surface area contributed by atoms with Crippen molar-refractivity contribution < 1.29 is 18.7 Å². The van der Waals surface area contributed by atoms with Gasteiger partial charge in [-0.15, -0.1) is 0 Å². The van der Waals surface area contributed by atoms with Crippen LogP contribution in [0.25, 0.3) is 10.9 Å². The van der Waals surface area contributed by atoms with Gasteiger partial charge < -0.3 is 14.2 Å². The Morgan fingerprint density at radius 3 is 2.71 bits per heavy atom. The zero-order chi connectivity index (χ0) is 22.0. The lowest BCUT2D eigenvalue weighted by Crippen LogP contribution is -2.32. The summed E-state index contributed by atoms with van der Waals surface area (Å²) in [5, 5.41) is 1.16. The second-order valence-corrected chi connectivity index (χ2v) is 9.16. The van der Waals surface area contributed by atoms with Gasteiger partial charge in [0.05, 0.1) is 13.2 Å². The van der Waals surface area contributed by atoms with Crippen molar-refractivity contribution in [3.05, 3.63) is 35.0 Å². The summed E-state index contributed by atoms with van der Waals surface area (Å²) in [6.07, 6.45) is 6.05. The molecule has 0 saturated carbocycles. The number of halogens is 1. The van der Waals surface area contributed by atoms with Crippen molar-refractivity contribution in [3.63, 3.8) is 0 Å². The Kier molecular flexibility index (Phi) is 6.75. The lowest BCUT2D eigenvalue weighted by molar-refractivity contribution is -0.119. The van der Waals surface area contributed by atoms with E-state index in [0.29, 0.717) is 11.5 Å². The standard InChI is InChI=1S/C25H33FN2O3/c1-27(16-20(29)4-3-11-26)25(30)19-6-8-24-22(15-19)21-14-18(5-7-23(21)28(24)2)17-9-12-31-13-10-17/h6,8,15,17-18H,3-5,7,9-14,16H2,1-2H3. The molecule has 6 heteroatoms. The van der Waals surface area contributed by atoms with Gasteiger partial charge in [0, 0.05) is 55.9 Å². The molecule has 1 fully saturated rings. The molecular weight excluding hydrogens is 395 g/mol. The van der Waals surface area contributed by atoms with Crippen LogP contribution in [0.15, 0.2) is 18.2 Å². The van der Waals surface area contributed by atoms with E-state index in [0.717, 1.165) is 55.7 Å². The van der Waals surface area contributed by atoms with Crippen LogP contribution in [-0.4, -0.2) is 54.6 Å². The number of benzene rings is 1. The molecule has 1 aromatic carbocycles. The molecule has 168 valence electrons. The maximum absolute atomic E-state index is 13.0. The van der Waals surface area contributed by atoms with Crippen LogP contribution in [0.5, 0.6) is 0 Å². The molecule has 4 rings (SSSR count). The number of nitrogens with zero attached hydrogens (tertiary/aromatic N) is 2. The summed E-state index contributed by atoms with van der Waals surface area (Å²) in [6.45, 7) is 1.26. The lowest BCUT2D eigenvalue weighted by Gasteiger charge is -2.33. The normalized spacial score (nSPS) is 19.4. The van der Waals surface area contributed by atoms with Gasteiger partial charge in [-0.3, -0.25) is 14.0 Å². The SMILES string of the molecule is CN(CC(=O)CCCF)C(=O)c1ccc2c(c1)c1c(n2C)CCC(C2CCOCC2)C1. The van der Waals surface area contributed by atoms with Crippen molar-refractivity contribution in [3.8, 4) is 0 Å². The molecule has 1 aromatic heterocycles. The van der Waals surface area contributed by atoms with E-state index < -0.39 is 6.67 Å². The summed E-state index contributed by atoms with van der Waals surface area (Å²) >= 11 is 0. The van der Waals surface area contributed by atoms with Gasteiger partial charge in [0.25, 0.3) is 5.91 Å². The van der Waals surface area contributed by atoms with Crippen LogP contribution in [0, 0.1) is 11.8 Å². The molecule has 0 N–H and O–H groups in total. The summed E-state index contributed by atoms with van der Waals surface area (Å²) in [5.74, 6) is 1.14. The van der Waals surface area contributed by atoms with E-state index in [9.17, 15) is 14.0 Å². The number of hydrogen-bond acceptors (Lipinski definition) is 3. The number of carbonyl (C=O) groups excluding carboxylic acids is 2. The summed E-state index contributed by atoms with van der Waals surface area (Å²) in [4.78, 5) is 26.4. The Balaban J connectivity index is 1.56. The minimum absolute atomic E-state index is 0.0234. The summed E-state index contributed by atoms with van der Waals surface area (Å²) in [6, 6.07) is 5.89. The van der Waals surface area contributed by atoms with E-state index in [2.05, 4.69) is 11.6 Å². The van der Waals surface area contributed by atoms with E-state index in [4.69, 9.17) is 4.74 Å². The third-order valence-corrected chi connectivity index (χ3v) is 7.18. The summed E-state index contributed by atoms with van der Waals surface area (Å²) < 4.78 is 20.1. The van der Waals surface area contributed by atoms with Gasteiger partial charge in [-0.1, -0.05) is 0 Å². The molecule has 5 nitrogen and oxygen atoms in total. The van der Waals surface area contributed by atoms with Crippen LogP contribution in [0.1, 0.15) is 53.7 Å². The number of amides is 1. The highest BCUT2D eigenvalue weighted by Crippen LogP contribution is 2.39. The van der Waals surface area contributed by atoms with Gasteiger partial charge in [-0.05, 0) is 74.1 Å². The second kappa shape index (κ2) is 9.51. The van der Waals surface area contributed by atoms with Crippen LogP contribution < -0.4 is 0 Å². The Labute approximate surface area is 183 Å². The first-order valence-corrected chi connectivity index (χ1v) is 11.5. The van der Waals surface area contributed by atoms with Crippen LogP contribution in [-0.2, 0) is 29.4 Å². The van der Waals surface area contributed by atoms with Gasteiger partial charge in [-0.2, -0.15) is 0 Å². The number of carbonyl (C=O) groups is 2. The fraction of sp³-hybridized carbons (Fsp3) is 0.600. The second-order valence-electron chi connectivity index (χ2n) is 9.16. The van der Waals surface area contributed by atoms with Crippen molar-refractivity contribution in [2.24, 2.45) is 18.9 Å². The molecule has 1 aliphatic heterocycles. The van der Waals surface area contributed by atoms with E-state index >= 15 is 0 Å². The topological polar surface area (TPSA) is 51.5 Å². The van der Waals surface area contributed by atoms with Gasteiger partial charge in [-0.25, -0.2) is 0 Å². The molecule has 1 atom stereocenters. The zero-order valence-electron chi connectivity index (χ0n) is 18.7. The Hall–Kier alpha value is -2.21. The average Bonchev–Trinajstić information content (AvgIpc) is 3.08. The molecular formula is C25H33FN2O3. The molecule has 0 radical (unpaired) electrons. The highest BCUT2D eigenvalue weighted by molar-refractivity contribution is 6.00. The van der Waals surface area contributed by atoms with Crippen LogP contribution in [0.4, 0.5) is 4.39 Å². The number of alkyl halides is 1. The molecule has 1 aliphatic carbocycles. The molecule has 31 heavy (non-hydrogen) atoms. The average molecular weight is 429 g/mol. The summed E-state index contributed by atoms with van der Waals surface area (Å²) in [7, 11) is 3.76. The lowest BCUT2D eigenvalue weighted by atomic mass is 9.75. The van der Waals surface area contributed by atoms with Crippen molar-refractivity contribution in [2.45, 2.75) is 44.9 Å². The number of fused-ring (bicyclic) bond motifs is 3. The number of ether oxygens (including phenoxy) is 1. The van der Waals surface area contributed by atoms with Crippen molar-refractivity contribution in [1.29, 1.82) is 0 Å². The third kappa shape index (κ3) is 4.54. The van der Waals surface area contributed by atoms with Crippen LogP contribution >= 0.6 is 0 Å². The fourth-order valence-corrected chi connectivity index (χ4v) is 5.43. The van der Waals surface area contributed by atoms with Gasteiger partial charge in [0.1, 0.15) is 0 Å². The molecule has 0 spiro atoms. The smallest absolute Gasteiger partial charge is 0.254 e. The van der Waals surface area contributed by atoms with Gasteiger partial charge >= 0.3 is 0 Å². The van der Waals surface area contributed by atoms with Crippen molar-refractivity contribution in [2.75, 3.05) is 33.5 Å². The monoisotopic (exact) mass is 428 g/mol. The number of rotatable bonds is 7. The quantitative estimate of drug-likeness (QED) is 0.667. The molecule has 1 unspecified atom stereocenters. The number of aryl methyl sites for hydroxylation is 1. The first-order chi connectivity index (χ1) is 15.0. The maximum Gasteiger partial charge on any atom is 0.254 e. The minimum Gasteiger partial charge on any atom is -0.381 e. The zero-order valence-corrected chi connectivity index (χ0v) is 18.7. The van der Waals surface area contributed by atoms with E-state index in [1.165, 1.54) is 22.6 Å². The third-order valence-electron chi connectivity index (χ3n) is 7.18. The first kappa shape index (κ1) is 22.0. The minimum atomic E-state index is -0.506. The molecule has 0 bridgehead atoms. The number of Topliss-reactive ketones (excluding diaryl/α,β-unsaturated/α-hetero) is 1. The van der Waals surface area contributed by atoms with Crippen molar-refractivity contribution in [1.82, 2.24) is 9.47 Å². The predicted molar refractivity (Wildman–Crippen MR) is 119 cm³/mol. The Morgan fingerprint density at radius 1 is 1.19 bits per heavy atom. The molecule has 2 aliphatic rings. The number of likely N-dealkylation sites (N-methyl/N-ethyl adjacent to an activating group) is 1. The molecule has 2 aromatic rings. The molecule has 2 heterocycles. The highest BCUT2D eigenvalue weighted by atomic mass is 19.1. The van der Waals surface area contributed by atoms with Crippen LogP contribution in [0.3, 0.4) is 0 Å². The maximum atomic E-state index is 13.0. The van der Waals surface area contributed by atoms with E-state index in [1.54, 1.807) is 7.05 Å². The predicted octanol–water partition coefficient (Wildman–Crippen LogP) is 4.10. The highest BCUT2D eigenvalue weighted by Gasteiger charge is 2.31. The van der Waals surface area contributed by atoms with Gasteiger partial charge in [0.15, 0.2) is 5.78 Å². The van der Waals surface area contributed by atoms with Crippen LogP contribution in [0.2, 0.25) is 0 Å². The molecule has 1 saturated heterocycles. The largest absolute Gasteiger partial charge is 0.381 e. The van der Waals surface area contributed by atoms with Gasteiger partial charge in [0.2, 0.25) is 0 Å². The fourth-order valence-electron chi connectivity index (χ4n) is 5.43.